The number of benzene rings is 1. The van der Waals surface area contributed by atoms with Gasteiger partial charge in [-0.1, -0.05) is 38.0 Å². The topological polar surface area (TPSA) is 215 Å². The summed E-state index contributed by atoms with van der Waals surface area (Å²) in [6.45, 7) is 3.10. The second kappa shape index (κ2) is 19.2. The Kier molecular flexibility index (Phi) is 15.7. The lowest BCUT2D eigenvalue weighted by molar-refractivity contribution is -0.142. The summed E-state index contributed by atoms with van der Waals surface area (Å²) >= 11 is 0. The first kappa shape index (κ1) is 35.2. The van der Waals surface area contributed by atoms with E-state index in [9.17, 15) is 24.0 Å². The van der Waals surface area contributed by atoms with Crippen LogP contribution in [0.4, 0.5) is 0 Å². The molecule has 1 fully saturated rings. The maximum atomic E-state index is 13.8. The van der Waals surface area contributed by atoms with Crippen LogP contribution in [0.5, 0.6) is 0 Å². The van der Waals surface area contributed by atoms with E-state index in [0.29, 0.717) is 89.3 Å². The molecule has 0 bridgehead atoms. The number of hydrogen-bond acceptors (Lipinski definition) is 7. The predicted molar refractivity (Wildman–Crippen MR) is 165 cm³/mol. The van der Waals surface area contributed by atoms with E-state index in [1.807, 2.05) is 6.92 Å². The summed E-state index contributed by atoms with van der Waals surface area (Å²) in [6, 6.07) is 5.39. The van der Waals surface area contributed by atoms with Gasteiger partial charge in [0.1, 0.15) is 24.4 Å². The zero-order chi connectivity index (χ0) is 31.6. The maximum absolute atomic E-state index is 13.8. The third kappa shape index (κ3) is 12.0. The van der Waals surface area contributed by atoms with Gasteiger partial charge in [0.25, 0.3) is 5.91 Å². The molecule has 1 aliphatic heterocycles. The number of nitrogens with zero attached hydrogens (tertiary/aromatic N) is 2. The van der Waals surface area contributed by atoms with Crippen molar-refractivity contribution in [3.63, 3.8) is 0 Å². The van der Waals surface area contributed by atoms with E-state index < -0.39 is 36.0 Å². The molecule has 1 saturated heterocycles. The predicted octanol–water partition coefficient (Wildman–Crippen LogP) is 0.317. The molecule has 13 nitrogen and oxygen atoms in total. The second-order valence-corrected chi connectivity index (χ2v) is 10.8. The van der Waals surface area contributed by atoms with Crippen molar-refractivity contribution in [3.05, 3.63) is 35.9 Å². The third-order valence-electron chi connectivity index (χ3n) is 7.36. The number of unbranched alkanes of at least 4 members (excludes halogenated alkanes) is 2. The Morgan fingerprint density at radius 3 is 2.35 bits per heavy atom. The van der Waals surface area contributed by atoms with Crippen LogP contribution in [0.25, 0.3) is 0 Å². The van der Waals surface area contributed by atoms with Gasteiger partial charge in [-0.05, 0) is 70.0 Å². The Morgan fingerprint density at radius 1 is 0.977 bits per heavy atom. The number of aldehydes is 1. The molecule has 0 aliphatic carbocycles. The minimum atomic E-state index is -0.897. The summed E-state index contributed by atoms with van der Waals surface area (Å²) < 4.78 is 0. The molecular formula is C30H48N8O5. The number of nitrogens with one attached hydrogen (secondary N) is 3. The minimum Gasteiger partial charge on any atom is -0.370 e. The number of nitrogens with two attached hydrogens (primary N) is 3. The molecule has 1 aromatic carbocycles. The molecule has 4 atom stereocenters. The van der Waals surface area contributed by atoms with Crippen LogP contribution in [0.3, 0.4) is 0 Å². The highest BCUT2D eigenvalue weighted by atomic mass is 16.2. The number of likely N-dealkylation sites (tertiary alicyclic amines) is 1. The minimum absolute atomic E-state index is 0.0461. The molecule has 43 heavy (non-hydrogen) atoms. The summed E-state index contributed by atoms with van der Waals surface area (Å²) in [7, 11) is 0. The van der Waals surface area contributed by atoms with Gasteiger partial charge in [0, 0.05) is 18.7 Å². The number of rotatable bonds is 19. The monoisotopic (exact) mass is 600 g/mol. The lowest BCUT2D eigenvalue weighted by atomic mass is 10.0. The lowest BCUT2D eigenvalue weighted by Crippen LogP contribution is -2.57. The molecule has 4 amide bonds. The van der Waals surface area contributed by atoms with Gasteiger partial charge in [-0.3, -0.25) is 24.2 Å². The van der Waals surface area contributed by atoms with Crippen LogP contribution in [-0.4, -0.2) is 84.6 Å². The zero-order valence-corrected chi connectivity index (χ0v) is 25.1. The van der Waals surface area contributed by atoms with Gasteiger partial charge in [0.05, 0.1) is 6.04 Å². The van der Waals surface area contributed by atoms with Gasteiger partial charge >= 0.3 is 0 Å². The molecule has 238 valence electrons. The average Bonchev–Trinajstić information content (AvgIpc) is 3.50. The van der Waals surface area contributed by atoms with E-state index in [-0.39, 0.29) is 17.8 Å². The molecule has 13 heteroatoms. The summed E-state index contributed by atoms with van der Waals surface area (Å²) in [6.07, 6.45) is 6.07. The largest absolute Gasteiger partial charge is 0.370 e. The van der Waals surface area contributed by atoms with Crippen LogP contribution in [0, 0.1) is 0 Å². The van der Waals surface area contributed by atoms with Gasteiger partial charge in [-0.25, -0.2) is 0 Å². The molecule has 0 saturated carbocycles. The molecule has 1 heterocycles. The van der Waals surface area contributed by atoms with Crippen molar-refractivity contribution in [2.45, 2.75) is 95.3 Å². The van der Waals surface area contributed by atoms with E-state index in [1.165, 1.54) is 4.90 Å². The van der Waals surface area contributed by atoms with Gasteiger partial charge in [0.15, 0.2) is 5.96 Å². The van der Waals surface area contributed by atoms with E-state index in [1.54, 1.807) is 30.3 Å². The van der Waals surface area contributed by atoms with Crippen molar-refractivity contribution in [2.24, 2.45) is 22.2 Å². The van der Waals surface area contributed by atoms with Crippen molar-refractivity contribution in [2.75, 3.05) is 19.6 Å². The highest BCUT2D eigenvalue weighted by molar-refractivity contribution is 5.99. The fourth-order valence-electron chi connectivity index (χ4n) is 5.01. The quantitative estimate of drug-likeness (QED) is 0.0561. The average molecular weight is 601 g/mol. The fourth-order valence-corrected chi connectivity index (χ4v) is 5.01. The SMILES string of the molecule is CCCC[C@H](NC(=O)c1ccccc1)C(=O)N[C@@H](CCCCN)C(=O)N1CCC[C@H]1C(=O)N[C@H](C=O)CCCN=C(N)N. The number of aliphatic imine (C=N–C) groups is 1. The van der Waals surface area contributed by atoms with Crippen LogP contribution >= 0.6 is 0 Å². The summed E-state index contributed by atoms with van der Waals surface area (Å²) in [5, 5.41) is 8.41. The Hall–Kier alpha value is -4.00. The highest BCUT2D eigenvalue weighted by Crippen LogP contribution is 2.20. The number of carbonyl (C=O) groups is 5. The van der Waals surface area contributed by atoms with Crippen LogP contribution in [-0.2, 0) is 19.2 Å². The first-order chi connectivity index (χ1) is 20.7. The molecule has 1 aliphatic rings. The van der Waals surface area contributed by atoms with E-state index >= 15 is 0 Å². The summed E-state index contributed by atoms with van der Waals surface area (Å²) in [4.78, 5) is 70.3. The molecular weight excluding hydrogens is 552 g/mol. The number of carbonyl (C=O) groups excluding carboxylic acids is 5. The van der Waals surface area contributed by atoms with Crippen molar-refractivity contribution < 1.29 is 24.0 Å². The number of amides is 4. The molecule has 9 N–H and O–H groups in total. The fraction of sp³-hybridized carbons (Fsp3) is 0.600. The van der Waals surface area contributed by atoms with Crippen LogP contribution in [0.15, 0.2) is 35.3 Å². The van der Waals surface area contributed by atoms with Crippen LogP contribution in [0.1, 0.15) is 81.5 Å². The first-order valence-corrected chi connectivity index (χ1v) is 15.2. The molecule has 2 rings (SSSR count). The normalized spacial score (nSPS) is 16.4. The van der Waals surface area contributed by atoms with Gasteiger partial charge < -0.3 is 42.8 Å². The van der Waals surface area contributed by atoms with E-state index in [4.69, 9.17) is 17.2 Å². The van der Waals surface area contributed by atoms with Crippen LogP contribution < -0.4 is 33.2 Å². The zero-order valence-electron chi connectivity index (χ0n) is 25.1. The highest BCUT2D eigenvalue weighted by Gasteiger charge is 2.38. The maximum Gasteiger partial charge on any atom is 0.251 e. The van der Waals surface area contributed by atoms with Crippen LogP contribution in [0.2, 0.25) is 0 Å². The first-order valence-electron chi connectivity index (χ1n) is 15.2. The van der Waals surface area contributed by atoms with Gasteiger partial charge in [-0.2, -0.15) is 0 Å². The third-order valence-corrected chi connectivity index (χ3v) is 7.36. The molecule has 0 aromatic heterocycles. The molecule has 0 unspecified atom stereocenters. The van der Waals surface area contributed by atoms with Crippen molar-refractivity contribution in [1.82, 2.24) is 20.9 Å². The lowest BCUT2D eigenvalue weighted by Gasteiger charge is -2.30. The van der Waals surface area contributed by atoms with Crippen molar-refractivity contribution in [3.8, 4) is 0 Å². The summed E-state index contributed by atoms with van der Waals surface area (Å²) in [5.41, 5.74) is 16.8. The number of hydrogen-bond donors (Lipinski definition) is 6. The molecule has 0 radical (unpaired) electrons. The summed E-state index contributed by atoms with van der Waals surface area (Å²) in [5.74, 6) is -1.67. The second-order valence-electron chi connectivity index (χ2n) is 10.8. The van der Waals surface area contributed by atoms with E-state index in [2.05, 4.69) is 20.9 Å². The Labute approximate surface area is 253 Å². The molecule has 0 spiro atoms. The van der Waals surface area contributed by atoms with E-state index in [0.717, 1.165) is 6.42 Å². The number of guanidine groups is 1. The van der Waals surface area contributed by atoms with Crippen molar-refractivity contribution >= 4 is 35.9 Å². The Balaban J connectivity index is 2.13. The van der Waals surface area contributed by atoms with Gasteiger partial charge in [0.2, 0.25) is 17.7 Å². The Morgan fingerprint density at radius 2 is 1.70 bits per heavy atom. The standard InChI is InChI=1S/C30H48N8O5/c1-2-3-14-23(36-26(40)21-11-5-4-6-12-21)27(41)37-24(15-7-8-17-31)29(43)38-19-10-16-25(38)28(42)35-22(20-39)13-9-18-34-30(32)33/h4-6,11-12,20,22-25H,2-3,7-10,13-19,31H2,1H3,(H,35,42)(H,36,40)(H,37,41)(H4,32,33,34)/t22-,23-,24-,25-/m0/s1. The molecule has 1 aromatic rings. The Bertz CT molecular complexity index is 1080. The van der Waals surface area contributed by atoms with Crippen molar-refractivity contribution in [1.29, 1.82) is 0 Å². The smallest absolute Gasteiger partial charge is 0.251 e. The van der Waals surface area contributed by atoms with Gasteiger partial charge in [-0.15, -0.1) is 0 Å².